The normalized spacial score (nSPS) is 11.0. The van der Waals surface area contributed by atoms with E-state index in [0.29, 0.717) is 5.56 Å². The number of hydrogen-bond acceptors (Lipinski definition) is 4. The fourth-order valence-corrected chi connectivity index (χ4v) is 1.01. The van der Waals surface area contributed by atoms with Crippen molar-refractivity contribution in [3.63, 3.8) is 0 Å². The lowest BCUT2D eigenvalue weighted by Crippen LogP contribution is -2.21. The SMILES string of the molecule is COC(C)(C)c1ccc(C#N)c(N)n1. The number of nitrogen functional groups attached to an aromatic ring is 1. The van der Waals surface area contributed by atoms with Crippen LogP contribution in [0.3, 0.4) is 0 Å². The van der Waals surface area contributed by atoms with Gasteiger partial charge >= 0.3 is 0 Å². The van der Waals surface area contributed by atoms with E-state index < -0.39 is 5.60 Å². The number of methoxy groups -OCH3 is 1. The number of nitrogens with two attached hydrogens (primary N) is 1. The van der Waals surface area contributed by atoms with Crippen LogP contribution >= 0.6 is 0 Å². The zero-order valence-electron chi connectivity index (χ0n) is 8.53. The molecule has 0 atom stereocenters. The van der Waals surface area contributed by atoms with Gasteiger partial charge < -0.3 is 10.5 Å². The van der Waals surface area contributed by atoms with Gasteiger partial charge in [0.15, 0.2) is 0 Å². The van der Waals surface area contributed by atoms with Gasteiger partial charge in [-0.2, -0.15) is 5.26 Å². The number of hydrogen-bond donors (Lipinski definition) is 1. The average molecular weight is 191 g/mol. The maximum Gasteiger partial charge on any atom is 0.141 e. The first-order valence-corrected chi connectivity index (χ1v) is 4.23. The van der Waals surface area contributed by atoms with E-state index in [9.17, 15) is 0 Å². The molecule has 0 saturated carbocycles. The van der Waals surface area contributed by atoms with Crippen LogP contribution in [0.25, 0.3) is 0 Å². The molecule has 0 aliphatic carbocycles. The van der Waals surface area contributed by atoms with Crippen LogP contribution in [0.1, 0.15) is 25.1 Å². The van der Waals surface area contributed by atoms with Gasteiger partial charge in [0.2, 0.25) is 0 Å². The van der Waals surface area contributed by atoms with Gasteiger partial charge in [-0.15, -0.1) is 0 Å². The van der Waals surface area contributed by atoms with Crippen molar-refractivity contribution in [3.8, 4) is 6.07 Å². The quantitative estimate of drug-likeness (QED) is 0.767. The van der Waals surface area contributed by atoms with Crippen LogP contribution in [-0.4, -0.2) is 12.1 Å². The lowest BCUT2D eigenvalue weighted by atomic mass is 10.0. The minimum absolute atomic E-state index is 0.245. The van der Waals surface area contributed by atoms with E-state index in [0.717, 1.165) is 5.69 Å². The average Bonchev–Trinajstić information content (AvgIpc) is 2.17. The maximum atomic E-state index is 8.67. The second kappa shape index (κ2) is 3.64. The molecule has 1 aromatic rings. The molecule has 1 aromatic heterocycles. The molecule has 0 aromatic carbocycles. The number of rotatable bonds is 2. The first-order chi connectivity index (χ1) is 6.51. The summed E-state index contributed by atoms with van der Waals surface area (Å²) in [7, 11) is 1.61. The van der Waals surface area contributed by atoms with Gasteiger partial charge in [-0.3, -0.25) is 0 Å². The molecule has 0 aliphatic rings. The molecule has 0 amide bonds. The Hall–Kier alpha value is -1.60. The molecule has 0 aliphatic heterocycles. The van der Waals surface area contributed by atoms with Crippen molar-refractivity contribution in [2.24, 2.45) is 0 Å². The van der Waals surface area contributed by atoms with Gasteiger partial charge in [0.1, 0.15) is 17.5 Å². The van der Waals surface area contributed by atoms with Crippen LogP contribution in [0, 0.1) is 11.3 Å². The van der Waals surface area contributed by atoms with Crippen LogP contribution in [0.2, 0.25) is 0 Å². The van der Waals surface area contributed by atoms with E-state index >= 15 is 0 Å². The molecular weight excluding hydrogens is 178 g/mol. The summed E-state index contributed by atoms with van der Waals surface area (Å²) < 4.78 is 5.25. The molecule has 0 fully saturated rings. The van der Waals surface area contributed by atoms with E-state index in [-0.39, 0.29) is 5.82 Å². The Morgan fingerprint density at radius 1 is 1.50 bits per heavy atom. The van der Waals surface area contributed by atoms with Crippen LogP contribution in [0.5, 0.6) is 0 Å². The Morgan fingerprint density at radius 2 is 2.14 bits per heavy atom. The topological polar surface area (TPSA) is 71.9 Å². The second-order valence-corrected chi connectivity index (χ2v) is 3.46. The van der Waals surface area contributed by atoms with E-state index in [2.05, 4.69) is 4.98 Å². The first kappa shape index (κ1) is 10.5. The fraction of sp³-hybridized carbons (Fsp3) is 0.400. The molecule has 4 nitrogen and oxygen atoms in total. The van der Waals surface area contributed by atoms with Crippen LogP contribution in [0.15, 0.2) is 12.1 Å². The van der Waals surface area contributed by atoms with Crippen LogP contribution in [0.4, 0.5) is 5.82 Å². The lowest BCUT2D eigenvalue weighted by molar-refractivity contribution is 0.0156. The highest BCUT2D eigenvalue weighted by Crippen LogP contribution is 2.23. The molecule has 0 spiro atoms. The number of pyridine rings is 1. The van der Waals surface area contributed by atoms with Crippen molar-refractivity contribution in [1.82, 2.24) is 4.98 Å². The van der Waals surface area contributed by atoms with Crippen molar-refractivity contribution < 1.29 is 4.74 Å². The predicted octanol–water partition coefficient (Wildman–Crippen LogP) is 1.42. The highest BCUT2D eigenvalue weighted by molar-refractivity contribution is 5.48. The molecule has 74 valence electrons. The Morgan fingerprint density at radius 3 is 2.57 bits per heavy atom. The van der Waals surface area contributed by atoms with Crippen molar-refractivity contribution in [2.45, 2.75) is 19.4 Å². The second-order valence-electron chi connectivity index (χ2n) is 3.46. The van der Waals surface area contributed by atoms with Gasteiger partial charge in [-0.05, 0) is 26.0 Å². The summed E-state index contributed by atoms with van der Waals surface area (Å²) in [5.74, 6) is 0.245. The number of nitrogens with zero attached hydrogens (tertiary/aromatic N) is 2. The Labute approximate surface area is 83.3 Å². The predicted molar refractivity (Wildman–Crippen MR) is 53.4 cm³/mol. The lowest BCUT2D eigenvalue weighted by Gasteiger charge is -2.22. The van der Waals surface area contributed by atoms with Gasteiger partial charge in [-0.25, -0.2) is 4.98 Å². The fourth-order valence-electron chi connectivity index (χ4n) is 1.01. The largest absolute Gasteiger partial charge is 0.383 e. The van der Waals surface area contributed by atoms with Crippen LogP contribution in [-0.2, 0) is 10.3 Å². The Balaban J connectivity index is 3.17. The molecule has 14 heavy (non-hydrogen) atoms. The van der Waals surface area contributed by atoms with Crippen molar-refractivity contribution >= 4 is 5.82 Å². The van der Waals surface area contributed by atoms with Gasteiger partial charge in [0, 0.05) is 7.11 Å². The van der Waals surface area contributed by atoms with Crippen molar-refractivity contribution in [1.29, 1.82) is 5.26 Å². The van der Waals surface area contributed by atoms with Gasteiger partial charge in [-0.1, -0.05) is 0 Å². The highest BCUT2D eigenvalue weighted by atomic mass is 16.5. The maximum absolute atomic E-state index is 8.67. The molecule has 0 saturated heterocycles. The summed E-state index contributed by atoms with van der Waals surface area (Å²) in [6.07, 6.45) is 0. The smallest absolute Gasteiger partial charge is 0.141 e. The monoisotopic (exact) mass is 191 g/mol. The molecule has 4 heteroatoms. The van der Waals surface area contributed by atoms with Crippen molar-refractivity contribution in [2.75, 3.05) is 12.8 Å². The zero-order chi connectivity index (χ0) is 10.8. The molecule has 0 bridgehead atoms. The zero-order valence-corrected chi connectivity index (χ0v) is 8.53. The Bertz CT molecular complexity index is 379. The van der Waals surface area contributed by atoms with Gasteiger partial charge in [0.25, 0.3) is 0 Å². The summed E-state index contributed by atoms with van der Waals surface area (Å²) in [4.78, 5) is 4.12. The minimum Gasteiger partial charge on any atom is -0.383 e. The van der Waals surface area contributed by atoms with E-state index in [1.807, 2.05) is 19.9 Å². The standard InChI is InChI=1S/C10H13N3O/c1-10(2,14-3)8-5-4-7(6-11)9(12)13-8/h4-5H,1-3H3,(H2,12,13). The molecule has 0 radical (unpaired) electrons. The third kappa shape index (κ3) is 1.83. The summed E-state index contributed by atoms with van der Waals surface area (Å²) in [6.45, 7) is 3.78. The molecule has 2 N–H and O–H groups in total. The van der Waals surface area contributed by atoms with Crippen LogP contribution < -0.4 is 5.73 Å². The van der Waals surface area contributed by atoms with Gasteiger partial charge in [0.05, 0.1) is 11.3 Å². The summed E-state index contributed by atoms with van der Waals surface area (Å²) in [5.41, 5.74) is 6.22. The third-order valence-electron chi connectivity index (χ3n) is 2.17. The summed E-state index contributed by atoms with van der Waals surface area (Å²) >= 11 is 0. The summed E-state index contributed by atoms with van der Waals surface area (Å²) in [6, 6.07) is 5.36. The van der Waals surface area contributed by atoms with E-state index in [4.69, 9.17) is 15.7 Å². The molecule has 0 unspecified atom stereocenters. The number of ether oxygens (including phenoxy) is 1. The first-order valence-electron chi connectivity index (χ1n) is 4.23. The number of nitriles is 1. The number of aromatic nitrogens is 1. The Kier molecular flexibility index (Phi) is 2.73. The van der Waals surface area contributed by atoms with Crippen molar-refractivity contribution in [3.05, 3.63) is 23.4 Å². The number of anilines is 1. The third-order valence-corrected chi connectivity index (χ3v) is 2.17. The van der Waals surface area contributed by atoms with E-state index in [1.165, 1.54) is 0 Å². The molecule has 1 rings (SSSR count). The van der Waals surface area contributed by atoms with E-state index in [1.54, 1.807) is 19.2 Å². The molecule has 1 heterocycles. The molecular formula is C10H13N3O. The summed E-state index contributed by atoms with van der Waals surface area (Å²) in [5, 5.41) is 8.67. The highest BCUT2D eigenvalue weighted by Gasteiger charge is 2.21. The minimum atomic E-state index is -0.484.